The first-order valence-electron chi connectivity index (χ1n) is 4.23. The van der Waals surface area contributed by atoms with E-state index in [1.807, 2.05) is 0 Å². The van der Waals surface area contributed by atoms with Gasteiger partial charge < -0.3 is 4.90 Å². The molecule has 1 unspecified atom stereocenters. The Morgan fingerprint density at radius 1 is 1.36 bits per heavy atom. The van der Waals surface area contributed by atoms with Crippen molar-refractivity contribution in [2.45, 2.75) is 4.83 Å². The third-order valence-electron chi connectivity index (χ3n) is 1.94. The van der Waals surface area contributed by atoms with E-state index >= 15 is 0 Å². The van der Waals surface area contributed by atoms with Crippen LogP contribution in [-0.2, 0) is 0 Å². The Hall–Kier alpha value is 0.460. The highest BCUT2D eigenvalue weighted by molar-refractivity contribution is 9.12. The molecule has 1 atom stereocenters. The van der Waals surface area contributed by atoms with E-state index in [0.717, 1.165) is 9.80 Å². The van der Waals surface area contributed by atoms with Gasteiger partial charge in [0.25, 0.3) is 0 Å². The summed E-state index contributed by atoms with van der Waals surface area (Å²) in [5.74, 6) is 0. The predicted octanol–water partition coefficient (Wildman–Crippen LogP) is 4.35. The fourth-order valence-electron chi connectivity index (χ4n) is 1.27. The number of anilines is 1. The Morgan fingerprint density at radius 3 is 2.50 bits per heavy atom. The molecule has 4 heteroatoms. The van der Waals surface area contributed by atoms with Crippen LogP contribution in [0.3, 0.4) is 0 Å². The highest BCUT2D eigenvalue weighted by Gasteiger charge is 2.12. The van der Waals surface area contributed by atoms with E-state index in [1.54, 1.807) is 0 Å². The zero-order valence-corrected chi connectivity index (χ0v) is 12.9. The van der Waals surface area contributed by atoms with E-state index < -0.39 is 0 Å². The van der Waals surface area contributed by atoms with Crippen LogP contribution in [-0.4, -0.2) is 19.4 Å². The molecule has 0 saturated heterocycles. The number of benzene rings is 1. The van der Waals surface area contributed by atoms with Gasteiger partial charge >= 0.3 is 0 Å². The van der Waals surface area contributed by atoms with E-state index in [-0.39, 0.29) is 0 Å². The Bertz CT molecular complexity index is 312. The Morgan fingerprint density at radius 2 is 2.00 bits per heavy atom. The first-order chi connectivity index (χ1) is 6.56. The first-order valence-corrected chi connectivity index (χ1v) is 7.06. The number of nitrogens with zero attached hydrogens (tertiary/aromatic N) is 1. The van der Waals surface area contributed by atoms with Crippen LogP contribution in [0.4, 0.5) is 5.69 Å². The molecule has 0 saturated carbocycles. The zero-order chi connectivity index (χ0) is 10.7. The largest absolute Gasteiger partial charge is 0.377 e. The third-order valence-corrected chi connectivity index (χ3v) is 4.77. The van der Waals surface area contributed by atoms with Crippen LogP contribution < -0.4 is 4.90 Å². The minimum absolute atomic E-state index is 0.345. The molecule has 0 aliphatic heterocycles. The second kappa shape index (κ2) is 5.52. The minimum Gasteiger partial charge on any atom is -0.377 e. The van der Waals surface area contributed by atoms with Crippen molar-refractivity contribution in [3.63, 3.8) is 0 Å². The molecule has 0 aromatic heterocycles. The number of rotatable bonds is 3. The molecule has 0 aliphatic carbocycles. The molecular weight excluding hydrogens is 374 g/mol. The van der Waals surface area contributed by atoms with Gasteiger partial charge in [-0.1, -0.05) is 47.8 Å². The highest BCUT2D eigenvalue weighted by Crippen LogP contribution is 2.34. The molecule has 0 fully saturated rings. The van der Waals surface area contributed by atoms with Gasteiger partial charge in [-0.2, -0.15) is 0 Å². The molecule has 0 spiro atoms. The SMILES string of the molecule is CN(C)c1ccc(Br)cc1C(Br)CBr. The summed E-state index contributed by atoms with van der Waals surface area (Å²) in [5.41, 5.74) is 2.54. The van der Waals surface area contributed by atoms with E-state index in [0.29, 0.717) is 4.83 Å². The summed E-state index contributed by atoms with van der Waals surface area (Å²) in [5, 5.41) is 0.907. The summed E-state index contributed by atoms with van der Waals surface area (Å²) in [7, 11) is 4.11. The van der Waals surface area contributed by atoms with Crippen LogP contribution in [0, 0.1) is 0 Å². The van der Waals surface area contributed by atoms with E-state index in [2.05, 4.69) is 85.0 Å². The molecule has 0 radical (unpaired) electrons. The molecule has 14 heavy (non-hydrogen) atoms. The first kappa shape index (κ1) is 12.5. The van der Waals surface area contributed by atoms with Crippen molar-refractivity contribution in [3.8, 4) is 0 Å². The van der Waals surface area contributed by atoms with Crippen molar-refractivity contribution < 1.29 is 0 Å². The number of hydrogen-bond donors (Lipinski definition) is 0. The quantitative estimate of drug-likeness (QED) is 0.699. The molecule has 78 valence electrons. The standard InChI is InChI=1S/C10H12Br3N/c1-14(2)10-4-3-7(12)5-8(10)9(13)6-11/h3-5,9H,6H2,1-2H3. The predicted molar refractivity (Wildman–Crippen MR) is 73.9 cm³/mol. The number of halogens is 3. The summed E-state index contributed by atoms with van der Waals surface area (Å²) < 4.78 is 1.11. The molecule has 0 aliphatic rings. The summed E-state index contributed by atoms with van der Waals surface area (Å²) in [6.07, 6.45) is 0. The number of hydrogen-bond acceptors (Lipinski definition) is 1. The summed E-state index contributed by atoms with van der Waals surface area (Å²) in [4.78, 5) is 2.47. The fourth-order valence-corrected chi connectivity index (χ4v) is 2.36. The van der Waals surface area contributed by atoms with Crippen LogP contribution in [0.1, 0.15) is 10.4 Å². The highest BCUT2D eigenvalue weighted by atomic mass is 79.9. The molecule has 0 N–H and O–H groups in total. The average Bonchev–Trinajstić information content (AvgIpc) is 2.16. The lowest BCUT2D eigenvalue weighted by Crippen LogP contribution is -2.12. The van der Waals surface area contributed by atoms with Gasteiger partial charge in [-0.25, -0.2) is 0 Å². The van der Waals surface area contributed by atoms with Crippen molar-refractivity contribution in [1.82, 2.24) is 0 Å². The minimum atomic E-state index is 0.345. The van der Waals surface area contributed by atoms with Gasteiger partial charge in [0.2, 0.25) is 0 Å². The molecule has 1 aromatic rings. The molecule has 1 aromatic carbocycles. The van der Waals surface area contributed by atoms with Gasteiger partial charge in [0.1, 0.15) is 0 Å². The van der Waals surface area contributed by atoms with Crippen LogP contribution in [0.25, 0.3) is 0 Å². The monoisotopic (exact) mass is 383 g/mol. The second-order valence-electron chi connectivity index (χ2n) is 3.22. The smallest absolute Gasteiger partial charge is 0.0512 e. The molecule has 0 bridgehead atoms. The van der Waals surface area contributed by atoms with Crippen molar-refractivity contribution in [3.05, 3.63) is 28.2 Å². The maximum Gasteiger partial charge on any atom is 0.0512 e. The summed E-state index contributed by atoms with van der Waals surface area (Å²) in [6, 6.07) is 6.33. The van der Waals surface area contributed by atoms with E-state index in [9.17, 15) is 0 Å². The average molecular weight is 386 g/mol. The van der Waals surface area contributed by atoms with Crippen molar-refractivity contribution >= 4 is 53.5 Å². The Balaban J connectivity index is 3.15. The number of alkyl halides is 2. The van der Waals surface area contributed by atoms with Crippen LogP contribution in [0.5, 0.6) is 0 Å². The van der Waals surface area contributed by atoms with Gasteiger partial charge in [0.15, 0.2) is 0 Å². The normalized spacial score (nSPS) is 12.6. The third kappa shape index (κ3) is 2.97. The lowest BCUT2D eigenvalue weighted by atomic mass is 10.1. The molecule has 0 heterocycles. The van der Waals surface area contributed by atoms with Crippen LogP contribution in [0.15, 0.2) is 22.7 Å². The van der Waals surface area contributed by atoms with Gasteiger partial charge in [-0.3, -0.25) is 0 Å². The Labute approximate surface area is 110 Å². The van der Waals surface area contributed by atoms with Crippen molar-refractivity contribution in [2.75, 3.05) is 24.3 Å². The van der Waals surface area contributed by atoms with Gasteiger partial charge in [0.05, 0.1) is 4.83 Å². The molecule has 1 rings (SSSR count). The van der Waals surface area contributed by atoms with Gasteiger partial charge in [-0.05, 0) is 23.8 Å². The van der Waals surface area contributed by atoms with Crippen molar-refractivity contribution in [1.29, 1.82) is 0 Å². The maximum atomic E-state index is 3.64. The van der Waals surface area contributed by atoms with E-state index in [1.165, 1.54) is 11.3 Å². The molecule has 0 amide bonds. The van der Waals surface area contributed by atoms with Gasteiger partial charge in [-0.15, -0.1) is 0 Å². The van der Waals surface area contributed by atoms with Crippen LogP contribution in [0.2, 0.25) is 0 Å². The Kier molecular flexibility index (Phi) is 4.94. The van der Waals surface area contributed by atoms with E-state index in [4.69, 9.17) is 0 Å². The lowest BCUT2D eigenvalue weighted by molar-refractivity contribution is 1.06. The zero-order valence-electron chi connectivity index (χ0n) is 8.10. The fraction of sp³-hybridized carbons (Fsp3) is 0.400. The van der Waals surface area contributed by atoms with Crippen molar-refractivity contribution in [2.24, 2.45) is 0 Å². The summed E-state index contributed by atoms with van der Waals surface area (Å²) in [6.45, 7) is 0. The molecular formula is C10H12Br3N. The maximum absolute atomic E-state index is 3.64. The van der Waals surface area contributed by atoms with Crippen LogP contribution >= 0.6 is 47.8 Å². The topological polar surface area (TPSA) is 3.24 Å². The van der Waals surface area contributed by atoms with Gasteiger partial charge in [0, 0.05) is 29.6 Å². The summed E-state index contributed by atoms with van der Waals surface area (Å²) >= 11 is 10.6. The second-order valence-corrected chi connectivity index (χ2v) is 5.89. The lowest BCUT2D eigenvalue weighted by Gasteiger charge is -2.20. The molecule has 1 nitrogen and oxygen atoms in total.